The number of nitrogens with zero attached hydrogens (tertiary/aromatic N) is 2. The molecule has 0 spiro atoms. The Hall–Kier alpha value is -1.13. The number of likely N-dealkylation sites (N-methyl/N-ethyl adjacent to an activating group) is 1. The fourth-order valence-corrected chi connectivity index (χ4v) is 2.92. The molecule has 21 heavy (non-hydrogen) atoms. The second-order valence-electron chi connectivity index (χ2n) is 6.48. The molecule has 4 heteroatoms. The topological polar surface area (TPSA) is 18.5 Å². The van der Waals surface area contributed by atoms with Crippen LogP contribution in [0.3, 0.4) is 0 Å². The number of rotatable bonds is 5. The van der Waals surface area contributed by atoms with Gasteiger partial charge in [-0.1, -0.05) is 19.9 Å². The van der Waals surface area contributed by atoms with Gasteiger partial charge in [0.1, 0.15) is 5.82 Å². The zero-order chi connectivity index (χ0) is 15.4. The van der Waals surface area contributed by atoms with Crippen molar-refractivity contribution in [3.63, 3.8) is 0 Å². The SMILES string of the molecule is CC(C)NCc1c(F)cccc1N1CCCC(N(C)C)C1. The minimum absolute atomic E-state index is 0.104. The van der Waals surface area contributed by atoms with Crippen LogP contribution in [0, 0.1) is 5.82 Å². The second kappa shape index (κ2) is 7.23. The number of hydrogen-bond acceptors (Lipinski definition) is 3. The van der Waals surface area contributed by atoms with E-state index in [4.69, 9.17) is 0 Å². The first-order valence-electron chi connectivity index (χ1n) is 7.91. The standard InChI is InChI=1S/C17H28FN3/c1-13(2)19-11-15-16(18)8-5-9-17(15)21-10-6-7-14(12-21)20(3)4/h5,8-9,13-14,19H,6-7,10-12H2,1-4H3. The van der Waals surface area contributed by atoms with Crippen LogP contribution >= 0.6 is 0 Å². The molecule has 1 saturated heterocycles. The van der Waals surface area contributed by atoms with E-state index in [1.165, 1.54) is 6.42 Å². The zero-order valence-corrected chi connectivity index (χ0v) is 13.7. The summed E-state index contributed by atoms with van der Waals surface area (Å²) in [6.07, 6.45) is 2.38. The van der Waals surface area contributed by atoms with Gasteiger partial charge in [0, 0.05) is 43.0 Å². The van der Waals surface area contributed by atoms with Gasteiger partial charge in [-0.25, -0.2) is 4.39 Å². The molecule has 3 nitrogen and oxygen atoms in total. The summed E-state index contributed by atoms with van der Waals surface area (Å²) in [5.41, 5.74) is 1.85. The molecule has 0 radical (unpaired) electrons. The van der Waals surface area contributed by atoms with Crippen LogP contribution < -0.4 is 10.2 Å². The predicted octanol–water partition coefficient (Wildman–Crippen LogP) is 2.85. The largest absolute Gasteiger partial charge is 0.370 e. The molecular formula is C17H28FN3. The van der Waals surface area contributed by atoms with E-state index < -0.39 is 0 Å². The Balaban J connectivity index is 2.20. The maximum atomic E-state index is 14.2. The predicted molar refractivity (Wildman–Crippen MR) is 87.3 cm³/mol. The molecule has 0 bridgehead atoms. The molecule has 1 fully saturated rings. The molecule has 0 amide bonds. The van der Waals surface area contributed by atoms with Crippen molar-refractivity contribution in [2.45, 2.75) is 45.3 Å². The van der Waals surface area contributed by atoms with Crippen molar-refractivity contribution in [1.29, 1.82) is 0 Å². The molecule has 0 saturated carbocycles. The van der Waals surface area contributed by atoms with E-state index in [9.17, 15) is 4.39 Å². The lowest BCUT2D eigenvalue weighted by Crippen LogP contribution is -2.45. The van der Waals surface area contributed by atoms with Crippen molar-refractivity contribution in [1.82, 2.24) is 10.2 Å². The summed E-state index contributed by atoms with van der Waals surface area (Å²) >= 11 is 0. The van der Waals surface area contributed by atoms with Gasteiger partial charge in [-0.3, -0.25) is 0 Å². The quantitative estimate of drug-likeness (QED) is 0.900. The van der Waals surface area contributed by atoms with Crippen molar-refractivity contribution in [2.24, 2.45) is 0 Å². The Morgan fingerprint density at radius 1 is 1.38 bits per heavy atom. The lowest BCUT2D eigenvalue weighted by molar-refractivity contribution is 0.258. The fourth-order valence-electron chi connectivity index (χ4n) is 2.92. The van der Waals surface area contributed by atoms with Gasteiger partial charge in [0.05, 0.1) is 0 Å². The molecule has 1 aromatic carbocycles. The normalized spacial score (nSPS) is 19.6. The van der Waals surface area contributed by atoms with Gasteiger partial charge in [-0.2, -0.15) is 0 Å². The van der Waals surface area contributed by atoms with Gasteiger partial charge < -0.3 is 15.1 Å². The number of hydrogen-bond donors (Lipinski definition) is 1. The maximum Gasteiger partial charge on any atom is 0.129 e. The first-order chi connectivity index (χ1) is 9.99. The average Bonchev–Trinajstić information content (AvgIpc) is 2.45. The summed E-state index contributed by atoms with van der Waals surface area (Å²) in [5, 5.41) is 3.34. The average molecular weight is 293 g/mol. The first kappa shape index (κ1) is 16.2. The van der Waals surface area contributed by atoms with Gasteiger partial charge in [-0.15, -0.1) is 0 Å². The van der Waals surface area contributed by atoms with Crippen LogP contribution in [-0.2, 0) is 6.54 Å². The number of nitrogens with one attached hydrogen (secondary N) is 1. The number of benzene rings is 1. The smallest absolute Gasteiger partial charge is 0.129 e. The van der Waals surface area contributed by atoms with Crippen molar-refractivity contribution in [3.8, 4) is 0 Å². The molecule has 1 unspecified atom stereocenters. The number of anilines is 1. The van der Waals surface area contributed by atoms with E-state index in [1.807, 2.05) is 6.07 Å². The molecule has 1 aromatic rings. The Morgan fingerprint density at radius 3 is 2.81 bits per heavy atom. The molecule has 118 valence electrons. The van der Waals surface area contributed by atoms with E-state index in [-0.39, 0.29) is 5.82 Å². The molecule has 1 N–H and O–H groups in total. The van der Waals surface area contributed by atoms with E-state index in [0.29, 0.717) is 18.6 Å². The number of halogens is 1. The molecule has 1 aliphatic heterocycles. The Bertz CT molecular complexity index is 459. The Kier molecular flexibility index (Phi) is 5.59. The fraction of sp³-hybridized carbons (Fsp3) is 0.647. The summed E-state index contributed by atoms with van der Waals surface area (Å²) in [6.45, 7) is 6.75. The van der Waals surface area contributed by atoms with Crippen LogP contribution in [0.15, 0.2) is 18.2 Å². The van der Waals surface area contributed by atoms with E-state index in [2.05, 4.69) is 49.1 Å². The number of piperidine rings is 1. The summed E-state index contributed by atoms with van der Waals surface area (Å²) < 4.78 is 14.2. The third kappa shape index (κ3) is 4.17. The van der Waals surface area contributed by atoms with E-state index in [1.54, 1.807) is 6.07 Å². The molecule has 1 aliphatic rings. The highest BCUT2D eigenvalue weighted by Gasteiger charge is 2.23. The van der Waals surface area contributed by atoms with Gasteiger partial charge in [0.2, 0.25) is 0 Å². The highest BCUT2D eigenvalue weighted by Crippen LogP contribution is 2.27. The minimum Gasteiger partial charge on any atom is -0.370 e. The highest BCUT2D eigenvalue weighted by molar-refractivity contribution is 5.54. The van der Waals surface area contributed by atoms with Crippen molar-refractivity contribution in [2.75, 3.05) is 32.1 Å². The van der Waals surface area contributed by atoms with Crippen LogP contribution in [0.5, 0.6) is 0 Å². The molecular weight excluding hydrogens is 265 g/mol. The summed E-state index contributed by atoms with van der Waals surface area (Å²) in [7, 11) is 4.25. The third-order valence-electron chi connectivity index (χ3n) is 4.25. The first-order valence-corrected chi connectivity index (χ1v) is 7.91. The van der Waals surface area contributed by atoms with Crippen LogP contribution in [-0.4, -0.2) is 44.2 Å². The van der Waals surface area contributed by atoms with Crippen molar-refractivity contribution in [3.05, 3.63) is 29.6 Å². The van der Waals surface area contributed by atoms with Crippen LogP contribution in [0.1, 0.15) is 32.3 Å². The van der Waals surface area contributed by atoms with Crippen LogP contribution in [0.4, 0.5) is 10.1 Å². The van der Waals surface area contributed by atoms with E-state index >= 15 is 0 Å². The van der Waals surface area contributed by atoms with Crippen LogP contribution in [0.2, 0.25) is 0 Å². The third-order valence-corrected chi connectivity index (χ3v) is 4.25. The highest BCUT2D eigenvalue weighted by atomic mass is 19.1. The Labute approximate surface area is 128 Å². The summed E-state index contributed by atoms with van der Waals surface area (Å²) in [6, 6.07) is 6.34. The second-order valence-corrected chi connectivity index (χ2v) is 6.48. The molecule has 1 atom stereocenters. The van der Waals surface area contributed by atoms with Gasteiger partial charge in [0.15, 0.2) is 0 Å². The van der Waals surface area contributed by atoms with Gasteiger partial charge in [-0.05, 0) is 39.1 Å². The zero-order valence-electron chi connectivity index (χ0n) is 13.7. The lowest BCUT2D eigenvalue weighted by atomic mass is 10.0. The van der Waals surface area contributed by atoms with Crippen molar-refractivity contribution < 1.29 is 4.39 Å². The maximum absolute atomic E-state index is 14.2. The van der Waals surface area contributed by atoms with Crippen molar-refractivity contribution >= 4 is 5.69 Å². The monoisotopic (exact) mass is 293 g/mol. The van der Waals surface area contributed by atoms with E-state index in [0.717, 1.165) is 30.8 Å². The molecule has 1 heterocycles. The summed E-state index contributed by atoms with van der Waals surface area (Å²) in [5.74, 6) is -0.104. The minimum atomic E-state index is -0.104. The van der Waals surface area contributed by atoms with Gasteiger partial charge >= 0.3 is 0 Å². The lowest BCUT2D eigenvalue weighted by Gasteiger charge is -2.38. The Morgan fingerprint density at radius 2 is 2.14 bits per heavy atom. The molecule has 2 rings (SSSR count). The van der Waals surface area contributed by atoms with Gasteiger partial charge in [0.25, 0.3) is 0 Å². The molecule has 0 aliphatic carbocycles. The molecule has 0 aromatic heterocycles. The van der Waals surface area contributed by atoms with Crippen LogP contribution in [0.25, 0.3) is 0 Å². The summed E-state index contributed by atoms with van der Waals surface area (Å²) in [4.78, 5) is 4.62.